The molecule has 3 aromatic rings. The van der Waals surface area contributed by atoms with Gasteiger partial charge in [-0.2, -0.15) is 0 Å². The van der Waals surface area contributed by atoms with E-state index in [4.69, 9.17) is 0 Å². The molecule has 1 amide bonds. The molecule has 1 atom stereocenters. The van der Waals surface area contributed by atoms with Crippen molar-refractivity contribution in [3.05, 3.63) is 96.1 Å². The summed E-state index contributed by atoms with van der Waals surface area (Å²) in [6.45, 7) is 0.594. The van der Waals surface area contributed by atoms with Crippen LogP contribution in [0.25, 0.3) is 0 Å². The summed E-state index contributed by atoms with van der Waals surface area (Å²) in [4.78, 5) is 16.5. The average Bonchev–Trinajstić information content (AvgIpc) is 3.11. The van der Waals surface area contributed by atoms with E-state index in [0.717, 1.165) is 17.7 Å². The largest absolute Gasteiger partial charge is 0.307 e. The van der Waals surface area contributed by atoms with Gasteiger partial charge in [-0.05, 0) is 35.7 Å². The maximum absolute atomic E-state index is 13.3. The molecule has 3 aromatic carbocycles. The maximum Gasteiger partial charge on any atom is 0.241 e. The van der Waals surface area contributed by atoms with Gasteiger partial charge >= 0.3 is 0 Å². The molecule has 0 aliphatic carbocycles. The molecule has 1 heterocycles. The van der Waals surface area contributed by atoms with E-state index in [2.05, 4.69) is 24.3 Å². The van der Waals surface area contributed by atoms with Gasteiger partial charge in [0.2, 0.25) is 5.91 Å². The molecule has 4 rings (SSSR count). The molecule has 0 bridgehead atoms. The monoisotopic (exact) mass is 345 g/mol. The third-order valence-corrected chi connectivity index (χ3v) is 5.75. The smallest absolute Gasteiger partial charge is 0.241 e. The van der Waals surface area contributed by atoms with Crippen LogP contribution in [0.15, 0.2) is 89.8 Å². The first-order chi connectivity index (χ1) is 12.3. The lowest BCUT2D eigenvalue weighted by Crippen LogP contribution is -2.37. The van der Waals surface area contributed by atoms with E-state index < -0.39 is 0 Å². The van der Waals surface area contributed by atoms with Crippen LogP contribution in [0.5, 0.6) is 0 Å². The fraction of sp³-hybridized carbons (Fsp3) is 0.136. The molecule has 0 aromatic heterocycles. The topological polar surface area (TPSA) is 20.3 Å². The Morgan fingerprint density at radius 1 is 0.880 bits per heavy atom. The van der Waals surface area contributed by atoms with Crippen LogP contribution >= 0.6 is 11.8 Å². The lowest BCUT2D eigenvalue weighted by atomic mass is 10.1. The van der Waals surface area contributed by atoms with Gasteiger partial charge in [0.05, 0.1) is 11.8 Å². The molecule has 2 nitrogen and oxygen atoms in total. The number of amides is 1. The molecule has 3 heteroatoms. The molecule has 0 saturated heterocycles. The van der Waals surface area contributed by atoms with Crippen LogP contribution < -0.4 is 4.90 Å². The number of para-hydroxylation sites is 1. The molecule has 0 spiro atoms. The molecule has 25 heavy (non-hydrogen) atoms. The van der Waals surface area contributed by atoms with Gasteiger partial charge in [0.15, 0.2) is 0 Å². The minimum Gasteiger partial charge on any atom is -0.307 e. The summed E-state index contributed by atoms with van der Waals surface area (Å²) in [5, 5.41) is -0.0543. The van der Waals surface area contributed by atoms with E-state index in [0.29, 0.717) is 6.54 Å². The highest BCUT2D eigenvalue weighted by Crippen LogP contribution is 2.38. The second-order valence-corrected chi connectivity index (χ2v) is 7.41. The van der Waals surface area contributed by atoms with Gasteiger partial charge in [0, 0.05) is 10.6 Å². The van der Waals surface area contributed by atoms with Crippen molar-refractivity contribution >= 4 is 23.4 Å². The van der Waals surface area contributed by atoms with E-state index in [-0.39, 0.29) is 11.2 Å². The lowest BCUT2D eigenvalue weighted by molar-refractivity contribution is -0.118. The highest BCUT2D eigenvalue weighted by molar-refractivity contribution is 8.01. The number of benzene rings is 3. The van der Waals surface area contributed by atoms with Crippen molar-refractivity contribution in [2.45, 2.75) is 23.1 Å². The van der Waals surface area contributed by atoms with Gasteiger partial charge in [-0.25, -0.2) is 0 Å². The third kappa shape index (κ3) is 3.47. The fourth-order valence-electron chi connectivity index (χ4n) is 3.16. The van der Waals surface area contributed by atoms with E-state index in [9.17, 15) is 4.79 Å². The number of carbonyl (C=O) groups excluding carboxylic acids is 1. The Balaban J connectivity index is 1.61. The second-order valence-electron chi connectivity index (χ2n) is 6.16. The zero-order chi connectivity index (χ0) is 17.1. The Hall–Kier alpha value is -2.52. The summed E-state index contributed by atoms with van der Waals surface area (Å²) in [6, 6.07) is 28.5. The predicted octanol–water partition coefficient (Wildman–Crippen LogP) is 4.94. The number of carbonyl (C=O) groups is 1. The molecule has 0 fully saturated rings. The number of hydrogen-bond donors (Lipinski definition) is 0. The van der Waals surface area contributed by atoms with Crippen molar-refractivity contribution in [2.75, 3.05) is 4.90 Å². The first-order valence-corrected chi connectivity index (χ1v) is 9.34. The van der Waals surface area contributed by atoms with Crippen LogP contribution in [0.2, 0.25) is 0 Å². The van der Waals surface area contributed by atoms with Gasteiger partial charge < -0.3 is 4.90 Å². The van der Waals surface area contributed by atoms with Crippen molar-refractivity contribution in [1.82, 2.24) is 0 Å². The van der Waals surface area contributed by atoms with Crippen molar-refractivity contribution in [3.63, 3.8) is 0 Å². The molecule has 0 N–H and O–H groups in total. The summed E-state index contributed by atoms with van der Waals surface area (Å²) in [5.41, 5.74) is 3.37. The number of rotatable bonds is 4. The van der Waals surface area contributed by atoms with E-state index in [1.807, 2.05) is 65.6 Å². The molecule has 0 saturated carbocycles. The Kier molecular flexibility index (Phi) is 4.57. The van der Waals surface area contributed by atoms with Crippen molar-refractivity contribution in [2.24, 2.45) is 0 Å². The van der Waals surface area contributed by atoms with E-state index in [1.165, 1.54) is 10.5 Å². The summed E-state index contributed by atoms with van der Waals surface area (Å²) in [5.74, 6) is 0.177. The predicted molar refractivity (Wildman–Crippen MR) is 104 cm³/mol. The summed E-state index contributed by atoms with van der Waals surface area (Å²) in [6.07, 6.45) is 0.803. The standard InChI is InChI=1S/C22H19NOS/c24-22(21-15-18-11-7-8-14-20(18)25-21)23(19-12-5-2-6-13-19)16-17-9-3-1-4-10-17/h1-14,21H,15-16H2. The summed E-state index contributed by atoms with van der Waals surface area (Å²) < 4.78 is 0. The van der Waals surface area contributed by atoms with Gasteiger partial charge in [-0.1, -0.05) is 66.7 Å². The Labute approximate surface area is 152 Å². The molecule has 0 radical (unpaired) electrons. The van der Waals surface area contributed by atoms with Gasteiger partial charge in [0.1, 0.15) is 0 Å². The normalized spacial score (nSPS) is 15.6. The Bertz CT molecular complexity index is 838. The van der Waals surface area contributed by atoms with Crippen molar-refractivity contribution < 1.29 is 4.79 Å². The number of hydrogen-bond acceptors (Lipinski definition) is 2. The van der Waals surface area contributed by atoms with Crippen LogP contribution in [0.1, 0.15) is 11.1 Å². The summed E-state index contributed by atoms with van der Waals surface area (Å²) >= 11 is 1.69. The van der Waals surface area contributed by atoms with Gasteiger partial charge in [-0.15, -0.1) is 11.8 Å². The van der Waals surface area contributed by atoms with Crippen LogP contribution in [0.4, 0.5) is 5.69 Å². The van der Waals surface area contributed by atoms with Crippen LogP contribution in [0, 0.1) is 0 Å². The molecular formula is C22H19NOS. The quantitative estimate of drug-likeness (QED) is 0.668. The number of nitrogens with zero attached hydrogens (tertiary/aromatic N) is 1. The van der Waals surface area contributed by atoms with E-state index in [1.54, 1.807) is 11.8 Å². The number of anilines is 1. The van der Waals surface area contributed by atoms with Crippen LogP contribution in [0.3, 0.4) is 0 Å². The SMILES string of the molecule is O=C(C1Cc2ccccc2S1)N(Cc1ccccc1)c1ccccc1. The van der Waals surface area contributed by atoms with Crippen LogP contribution in [-0.4, -0.2) is 11.2 Å². The Morgan fingerprint density at radius 3 is 2.24 bits per heavy atom. The highest BCUT2D eigenvalue weighted by Gasteiger charge is 2.32. The first kappa shape index (κ1) is 16.0. The number of fused-ring (bicyclic) bond motifs is 1. The van der Waals surface area contributed by atoms with Crippen molar-refractivity contribution in [3.8, 4) is 0 Å². The van der Waals surface area contributed by atoms with Crippen molar-refractivity contribution in [1.29, 1.82) is 0 Å². The fourth-order valence-corrected chi connectivity index (χ4v) is 4.42. The molecule has 1 aliphatic heterocycles. The lowest BCUT2D eigenvalue weighted by Gasteiger charge is -2.25. The third-order valence-electron chi connectivity index (χ3n) is 4.44. The number of thioether (sulfide) groups is 1. The highest BCUT2D eigenvalue weighted by atomic mass is 32.2. The first-order valence-electron chi connectivity index (χ1n) is 8.46. The molecular weight excluding hydrogens is 326 g/mol. The summed E-state index contributed by atoms with van der Waals surface area (Å²) in [7, 11) is 0. The Morgan fingerprint density at radius 2 is 1.52 bits per heavy atom. The zero-order valence-corrected chi connectivity index (χ0v) is 14.7. The van der Waals surface area contributed by atoms with E-state index >= 15 is 0 Å². The minimum absolute atomic E-state index is 0.0543. The molecule has 1 unspecified atom stereocenters. The van der Waals surface area contributed by atoms with Crippen LogP contribution in [-0.2, 0) is 17.8 Å². The van der Waals surface area contributed by atoms with Gasteiger partial charge in [0.25, 0.3) is 0 Å². The van der Waals surface area contributed by atoms with Gasteiger partial charge in [-0.3, -0.25) is 4.79 Å². The minimum atomic E-state index is -0.0543. The second kappa shape index (κ2) is 7.16. The maximum atomic E-state index is 13.3. The molecule has 1 aliphatic rings. The zero-order valence-electron chi connectivity index (χ0n) is 13.8. The average molecular weight is 345 g/mol. The molecule has 124 valence electrons.